The number of nitrogens with two attached hydrogens (primary N) is 1. The zero-order valence-electron chi connectivity index (χ0n) is 18.2. The fraction of sp³-hybridized carbons (Fsp3) is 0.320. The summed E-state index contributed by atoms with van der Waals surface area (Å²) >= 11 is 0. The molecule has 3 aromatic rings. The van der Waals surface area contributed by atoms with Crippen LogP contribution in [0, 0.1) is 6.92 Å². The number of aryl methyl sites for hydroxylation is 1. The number of imidazole rings is 1. The van der Waals surface area contributed by atoms with Gasteiger partial charge < -0.3 is 19.9 Å². The first-order chi connectivity index (χ1) is 15.5. The van der Waals surface area contributed by atoms with Crippen LogP contribution >= 0.6 is 0 Å². The lowest BCUT2D eigenvalue weighted by atomic mass is 10.0. The molecule has 3 heterocycles. The molecule has 2 aliphatic heterocycles. The van der Waals surface area contributed by atoms with Crippen LogP contribution in [0.4, 0.5) is 0 Å². The number of hydrogen-bond acceptors (Lipinski definition) is 4. The van der Waals surface area contributed by atoms with Crippen molar-refractivity contribution in [1.29, 1.82) is 0 Å². The average Bonchev–Trinajstić information content (AvgIpc) is 3.30. The van der Waals surface area contributed by atoms with Gasteiger partial charge in [-0.25, -0.2) is 4.98 Å². The number of carbonyl (C=O) groups is 2. The Morgan fingerprint density at radius 3 is 2.53 bits per heavy atom. The van der Waals surface area contributed by atoms with Crippen molar-refractivity contribution in [3.05, 3.63) is 71.0 Å². The Labute approximate surface area is 186 Å². The molecule has 2 unspecified atom stereocenters. The molecule has 0 radical (unpaired) electrons. The van der Waals surface area contributed by atoms with Gasteiger partial charge in [0.25, 0.3) is 11.8 Å². The Morgan fingerprint density at radius 1 is 1.09 bits per heavy atom. The normalized spacial score (nSPS) is 19.4. The summed E-state index contributed by atoms with van der Waals surface area (Å²) in [6.07, 6.45) is 2.38. The third-order valence-electron chi connectivity index (χ3n) is 6.68. The summed E-state index contributed by atoms with van der Waals surface area (Å²) in [6, 6.07) is 15.4. The topological polar surface area (TPSA) is 90.4 Å². The molecule has 2 amide bonds. The van der Waals surface area contributed by atoms with Crippen LogP contribution in [0.25, 0.3) is 11.4 Å². The quantitative estimate of drug-likeness (QED) is 0.688. The number of primary amides is 1. The van der Waals surface area contributed by atoms with Gasteiger partial charge >= 0.3 is 0 Å². The van der Waals surface area contributed by atoms with Gasteiger partial charge in [0.05, 0.1) is 18.8 Å². The standard InChI is InChI=1S/C25H26N4O3/c1-15-12-19(32-2)10-11-20(15)25(31)29-17-8-9-18(29)14-28-21(13-17)22(23(26)30)27-24(28)16-6-4-3-5-7-16/h3-7,10-12,17-18H,8-9,13-14H2,1-2H3,(H2,26,30). The third kappa shape index (κ3) is 3.25. The lowest BCUT2D eigenvalue weighted by Gasteiger charge is -2.29. The van der Waals surface area contributed by atoms with E-state index in [-0.39, 0.29) is 18.0 Å². The summed E-state index contributed by atoms with van der Waals surface area (Å²) in [4.78, 5) is 32.5. The van der Waals surface area contributed by atoms with E-state index in [0.29, 0.717) is 24.2 Å². The van der Waals surface area contributed by atoms with Crippen molar-refractivity contribution in [2.24, 2.45) is 5.73 Å². The number of hydrogen-bond donors (Lipinski definition) is 1. The van der Waals surface area contributed by atoms with Crippen molar-refractivity contribution in [1.82, 2.24) is 14.5 Å². The first-order valence-electron chi connectivity index (χ1n) is 10.9. The maximum atomic E-state index is 13.6. The van der Waals surface area contributed by atoms with E-state index in [1.54, 1.807) is 7.11 Å². The molecule has 32 heavy (non-hydrogen) atoms. The number of carbonyl (C=O) groups excluding carboxylic acids is 2. The Hall–Kier alpha value is -3.61. The minimum Gasteiger partial charge on any atom is -0.497 e. The molecule has 0 aliphatic carbocycles. The van der Waals surface area contributed by atoms with E-state index in [4.69, 9.17) is 10.5 Å². The van der Waals surface area contributed by atoms with Crippen LogP contribution in [0.2, 0.25) is 0 Å². The number of methoxy groups -OCH3 is 1. The van der Waals surface area contributed by atoms with Crippen molar-refractivity contribution in [2.75, 3.05) is 7.11 Å². The highest BCUT2D eigenvalue weighted by atomic mass is 16.5. The van der Waals surface area contributed by atoms with E-state index in [9.17, 15) is 9.59 Å². The second-order valence-corrected chi connectivity index (χ2v) is 8.55. The lowest BCUT2D eigenvalue weighted by molar-refractivity contribution is 0.0665. The van der Waals surface area contributed by atoms with E-state index < -0.39 is 5.91 Å². The van der Waals surface area contributed by atoms with Gasteiger partial charge in [-0.2, -0.15) is 0 Å². The minimum absolute atomic E-state index is 0.00803. The molecule has 2 atom stereocenters. The number of aromatic nitrogens is 2. The van der Waals surface area contributed by atoms with E-state index in [1.807, 2.05) is 60.4 Å². The number of rotatable bonds is 4. The Bertz CT molecular complexity index is 1200. The summed E-state index contributed by atoms with van der Waals surface area (Å²) in [5.41, 5.74) is 9.35. The van der Waals surface area contributed by atoms with Crippen LogP contribution in [-0.2, 0) is 13.0 Å². The maximum Gasteiger partial charge on any atom is 0.269 e. The van der Waals surface area contributed by atoms with Crippen molar-refractivity contribution >= 4 is 11.8 Å². The first-order valence-corrected chi connectivity index (χ1v) is 10.9. The zero-order valence-corrected chi connectivity index (χ0v) is 18.2. The van der Waals surface area contributed by atoms with Crippen molar-refractivity contribution in [3.8, 4) is 17.1 Å². The van der Waals surface area contributed by atoms with Gasteiger partial charge in [0, 0.05) is 30.1 Å². The molecule has 7 nitrogen and oxygen atoms in total. The van der Waals surface area contributed by atoms with Gasteiger partial charge in [-0.15, -0.1) is 0 Å². The van der Waals surface area contributed by atoms with Gasteiger partial charge in [0.2, 0.25) is 0 Å². The number of benzene rings is 2. The molecule has 2 aromatic carbocycles. The van der Waals surface area contributed by atoms with Gasteiger partial charge in [-0.3, -0.25) is 9.59 Å². The van der Waals surface area contributed by atoms with Crippen molar-refractivity contribution in [3.63, 3.8) is 0 Å². The van der Waals surface area contributed by atoms with Crippen LogP contribution in [-0.4, -0.2) is 45.5 Å². The second kappa shape index (κ2) is 7.82. The van der Waals surface area contributed by atoms with Crippen LogP contribution in [0.15, 0.2) is 48.5 Å². The van der Waals surface area contributed by atoms with Crippen molar-refractivity contribution in [2.45, 2.75) is 44.8 Å². The van der Waals surface area contributed by atoms with Crippen LogP contribution in [0.5, 0.6) is 5.75 Å². The molecule has 2 N–H and O–H groups in total. The molecule has 0 saturated carbocycles. The monoisotopic (exact) mass is 430 g/mol. The Kier molecular flexibility index (Phi) is 4.96. The zero-order chi connectivity index (χ0) is 22.4. The fourth-order valence-electron chi connectivity index (χ4n) is 5.14. The maximum absolute atomic E-state index is 13.6. The summed E-state index contributed by atoms with van der Waals surface area (Å²) in [5, 5.41) is 0. The van der Waals surface area contributed by atoms with Crippen LogP contribution in [0.1, 0.15) is 44.9 Å². The third-order valence-corrected chi connectivity index (χ3v) is 6.68. The molecular weight excluding hydrogens is 404 g/mol. The summed E-state index contributed by atoms with van der Waals surface area (Å²) in [5.74, 6) is 0.962. The highest BCUT2D eigenvalue weighted by Gasteiger charge is 2.42. The second-order valence-electron chi connectivity index (χ2n) is 8.55. The Balaban J connectivity index is 1.55. The highest BCUT2D eigenvalue weighted by molar-refractivity contribution is 5.97. The molecule has 1 saturated heterocycles. The SMILES string of the molecule is COc1ccc(C(=O)N2C3CCC2Cn2c(-c4ccccc4)nc(C(N)=O)c2C3)c(C)c1. The van der Waals surface area contributed by atoms with E-state index >= 15 is 0 Å². The molecule has 164 valence electrons. The number of ether oxygens (including phenoxy) is 1. The average molecular weight is 431 g/mol. The summed E-state index contributed by atoms with van der Waals surface area (Å²) < 4.78 is 7.39. The largest absolute Gasteiger partial charge is 0.497 e. The highest BCUT2D eigenvalue weighted by Crippen LogP contribution is 2.37. The van der Waals surface area contributed by atoms with Gasteiger partial charge in [-0.05, 0) is 43.5 Å². The molecule has 0 spiro atoms. The van der Waals surface area contributed by atoms with Crippen LogP contribution < -0.4 is 10.5 Å². The lowest BCUT2D eigenvalue weighted by Crippen LogP contribution is -2.42. The molecule has 5 rings (SSSR count). The van der Waals surface area contributed by atoms with E-state index in [0.717, 1.165) is 41.2 Å². The van der Waals surface area contributed by atoms with E-state index in [2.05, 4.69) is 9.55 Å². The van der Waals surface area contributed by atoms with Gasteiger partial charge in [0.1, 0.15) is 17.3 Å². The number of amides is 2. The van der Waals surface area contributed by atoms with Crippen molar-refractivity contribution < 1.29 is 14.3 Å². The molecule has 1 fully saturated rings. The predicted molar refractivity (Wildman–Crippen MR) is 121 cm³/mol. The van der Waals surface area contributed by atoms with E-state index in [1.165, 1.54) is 0 Å². The van der Waals surface area contributed by atoms with Gasteiger partial charge in [-0.1, -0.05) is 30.3 Å². The Morgan fingerprint density at radius 2 is 1.84 bits per heavy atom. The smallest absolute Gasteiger partial charge is 0.269 e. The van der Waals surface area contributed by atoms with Gasteiger partial charge in [0.15, 0.2) is 0 Å². The molecular formula is C25H26N4O3. The molecule has 2 bridgehead atoms. The molecule has 1 aromatic heterocycles. The molecule has 7 heteroatoms. The predicted octanol–water partition coefficient (Wildman–Crippen LogP) is 3.20. The number of fused-ring (bicyclic) bond motifs is 3. The molecule has 2 aliphatic rings. The summed E-state index contributed by atoms with van der Waals surface area (Å²) in [7, 11) is 1.62. The fourth-order valence-corrected chi connectivity index (χ4v) is 5.14. The first kappa shape index (κ1) is 20.3. The minimum atomic E-state index is -0.530. The number of nitrogens with zero attached hydrogens (tertiary/aromatic N) is 3. The van der Waals surface area contributed by atoms with Crippen LogP contribution in [0.3, 0.4) is 0 Å². The summed E-state index contributed by atoms with van der Waals surface area (Å²) in [6.45, 7) is 2.53.